The number of alkyl halides is 1. The van der Waals surface area contributed by atoms with Gasteiger partial charge in [-0.05, 0) is 6.07 Å². The van der Waals surface area contributed by atoms with Gasteiger partial charge in [-0.1, -0.05) is 28.1 Å². The van der Waals surface area contributed by atoms with Crippen LogP contribution >= 0.6 is 39.9 Å². The number of benzene rings is 1. The molecule has 1 heterocycles. The summed E-state index contributed by atoms with van der Waals surface area (Å²) in [4.78, 5) is 2.18. The van der Waals surface area contributed by atoms with Crippen LogP contribution in [0.4, 0.5) is 5.69 Å². The van der Waals surface area contributed by atoms with Crippen LogP contribution in [0, 0.1) is 0 Å². The second kappa shape index (κ2) is 3.52. The Balaban J connectivity index is 2.83. The quantitative estimate of drug-likeness (QED) is 0.602. The van der Waals surface area contributed by atoms with E-state index in [0.717, 1.165) is 21.3 Å². The second-order valence-corrected chi connectivity index (χ2v) is 4.87. The lowest BCUT2D eigenvalue weighted by atomic mass is 10.2. The largest absolute Gasteiger partial charge is 0.397 e. The van der Waals surface area contributed by atoms with E-state index in [1.54, 1.807) is 11.3 Å². The number of fused-ring (bicyclic) bond motifs is 1. The third kappa shape index (κ3) is 1.47. The molecule has 2 aromatic rings. The predicted molar refractivity (Wildman–Crippen MR) is 66.1 cm³/mol. The number of hydrogen-bond acceptors (Lipinski definition) is 3. The van der Waals surface area contributed by atoms with E-state index in [1.807, 2.05) is 18.2 Å². The summed E-state index contributed by atoms with van der Waals surface area (Å²) in [6.45, 7) is 0. The average Bonchev–Trinajstić information content (AvgIpc) is 2.45. The normalized spacial score (nSPS) is 10.9. The molecule has 0 saturated heterocycles. The highest BCUT2D eigenvalue weighted by atomic mass is 79.9. The van der Waals surface area contributed by atoms with Gasteiger partial charge in [0.2, 0.25) is 0 Å². The molecule has 0 aliphatic rings. The van der Waals surface area contributed by atoms with Crippen LogP contribution in [0.3, 0.4) is 0 Å². The zero-order valence-electron chi connectivity index (χ0n) is 6.75. The molecule has 0 radical (unpaired) electrons. The van der Waals surface area contributed by atoms with Gasteiger partial charge in [0.05, 0.1) is 10.4 Å². The van der Waals surface area contributed by atoms with E-state index in [0.29, 0.717) is 0 Å². The summed E-state index contributed by atoms with van der Waals surface area (Å²) in [7, 11) is 0. The minimum atomic E-state index is 0.811. The first-order chi connectivity index (χ1) is 6.24. The van der Waals surface area contributed by atoms with Crippen molar-refractivity contribution in [2.45, 2.75) is 10.2 Å². The van der Waals surface area contributed by atoms with Gasteiger partial charge in [-0.25, -0.2) is 0 Å². The van der Waals surface area contributed by atoms with E-state index in [9.17, 15) is 0 Å². The molecule has 0 fully saturated rings. The fraction of sp³-hybridized carbons (Fsp3) is 0.111. The Bertz CT molecular complexity index is 450. The maximum atomic E-state index is 5.96. The maximum absolute atomic E-state index is 5.96. The molecule has 0 bridgehead atoms. The molecule has 0 amide bonds. The maximum Gasteiger partial charge on any atom is 0.0544 e. The van der Waals surface area contributed by atoms with Crippen LogP contribution in [0.25, 0.3) is 10.1 Å². The minimum Gasteiger partial charge on any atom is -0.397 e. The number of nitrogens with two attached hydrogens (primary N) is 1. The monoisotopic (exact) mass is 273 g/mol. The van der Waals surface area contributed by atoms with Crippen LogP contribution in [0.5, 0.6) is 0 Å². The molecule has 0 aliphatic carbocycles. The first-order valence-electron chi connectivity index (χ1n) is 3.79. The molecule has 1 aromatic heterocycles. The number of halogens is 1. The molecule has 4 heteroatoms. The summed E-state index contributed by atoms with van der Waals surface area (Å²) in [6, 6.07) is 6.00. The van der Waals surface area contributed by atoms with Gasteiger partial charge >= 0.3 is 0 Å². The lowest BCUT2D eigenvalue weighted by Gasteiger charge is -1.93. The number of rotatable bonds is 1. The number of thiophene rings is 1. The number of anilines is 1. The van der Waals surface area contributed by atoms with Gasteiger partial charge in [0.15, 0.2) is 0 Å². The Kier molecular flexibility index (Phi) is 2.53. The SMILES string of the molecule is Nc1c(CBr)sc2c(S)cccc12. The Morgan fingerprint density at radius 3 is 2.85 bits per heavy atom. The molecule has 2 rings (SSSR count). The van der Waals surface area contributed by atoms with Gasteiger partial charge in [-0.2, -0.15) is 0 Å². The van der Waals surface area contributed by atoms with Crippen LogP contribution in [0.2, 0.25) is 0 Å². The molecule has 2 N–H and O–H groups in total. The number of hydrogen-bond donors (Lipinski definition) is 2. The van der Waals surface area contributed by atoms with Gasteiger partial charge in [0, 0.05) is 20.5 Å². The molecule has 68 valence electrons. The number of thiol groups is 1. The van der Waals surface area contributed by atoms with Crippen molar-refractivity contribution >= 4 is 55.7 Å². The Labute approximate surface area is 94.5 Å². The van der Waals surface area contributed by atoms with Crippen LogP contribution in [-0.4, -0.2) is 0 Å². The fourth-order valence-electron chi connectivity index (χ4n) is 1.27. The minimum absolute atomic E-state index is 0.811. The van der Waals surface area contributed by atoms with Crippen molar-refractivity contribution < 1.29 is 0 Å². The summed E-state index contributed by atoms with van der Waals surface area (Å²) in [5.74, 6) is 0. The highest BCUT2D eigenvalue weighted by molar-refractivity contribution is 9.08. The predicted octanol–water partition coefficient (Wildman–Crippen LogP) is 3.67. The highest BCUT2D eigenvalue weighted by Gasteiger charge is 2.09. The van der Waals surface area contributed by atoms with Crippen molar-refractivity contribution in [3.05, 3.63) is 23.1 Å². The summed E-state index contributed by atoms with van der Waals surface area (Å²) in [6.07, 6.45) is 0. The van der Waals surface area contributed by atoms with Gasteiger partial charge in [0.25, 0.3) is 0 Å². The van der Waals surface area contributed by atoms with Crippen molar-refractivity contribution in [1.82, 2.24) is 0 Å². The lowest BCUT2D eigenvalue weighted by molar-refractivity contribution is 1.58. The molecule has 1 aromatic carbocycles. The third-order valence-corrected chi connectivity index (χ3v) is 4.64. The van der Waals surface area contributed by atoms with Crippen molar-refractivity contribution in [3.8, 4) is 0 Å². The molecule has 0 unspecified atom stereocenters. The standard InChI is InChI=1S/C9H8BrNS2/c10-4-7-8(11)5-2-1-3-6(12)9(5)13-7/h1-3,12H,4,11H2. The van der Waals surface area contributed by atoms with Crippen LogP contribution in [-0.2, 0) is 5.33 Å². The smallest absolute Gasteiger partial charge is 0.0544 e. The topological polar surface area (TPSA) is 26.0 Å². The van der Waals surface area contributed by atoms with Gasteiger partial charge in [0.1, 0.15) is 0 Å². The summed E-state index contributed by atoms with van der Waals surface area (Å²) in [5, 5.41) is 1.93. The van der Waals surface area contributed by atoms with Crippen LogP contribution in [0.1, 0.15) is 4.88 Å². The van der Waals surface area contributed by atoms with Crippen molar-refractivity contribution in [3.63, 3.8) is 0 Å². The van der Waals surface area contributed by atoms with Crippen molar-refractivity contribution in [2.24, 2.45) is 0 Å². The van der Waals surface area contributed by atoms with E-state index in [2.05, 4.69) is 28.6 Å². The van der Waals surface area contributed by atoms with Gasteiger partial charge < -0.3 is 5.73 Å². The summed E-state index contributed by atoms with van der Waals surface area (Å²) >= 11 is 9.51. The first-order valence-corrected chi connectivity index (χ1v) is 6.17. The highest BCUT2D eigenvalue weighted by Crippen LogP contribution is 2.37. The van der Waals surface area contributed by atoms with Gasteiger partial charge in [-0.3, -0.25) is 0 Å². The fourth-order valence-corrected chi connectivity index (χ4v) is 3.24. The van der Waals surface area contributed by atoms with E-state index in [-0.39, 0.29) is 0 Å². The molecular formula is C9H8BrNS2. The van der Waals surface area contributed by atoms with E-state index in [4.69, 9.17) is 5.73 Å². The average molecular weight is 274 g/mol. The van der Waals surface area contributed by atoms with E-state index >= 15 is 0 Å². The molecule has 0 aliphatic heterocycles. The van der Waals surface area contributed by atoms with Gasteiger partial charge in [-0.15, -0.1) is 24.0 Å². The molecule has 0 saturated carbocycles. The zero-order chi connectivity index (χ0) is 9.42. The summed E-state index contributed by atoms with van der Waals surface area (Å²) < 4.78 is 1.18. The Morgan fingerprint density at radius 2 is 2.23 bits per heavy atom. The molecule has 13 heavy (non-hydrogen) atoms. The lowest BCUT2D eigenvalue weighted by Crippen LogP contribution is -1.85. The van der Waals surface area contributed by atoms with Crippen molar-refractivity contribution in [2.75, 3.05) is 5.73 Å². The van der Waals surface area contributed by atoms with Crippen LogP contribution in [0.15, 0.2) is 23.1 Å². The van der Waals surface area contributed by atoms with E-state index < -0.39 is 0 Å². The zero-order valence-corrected chi connectivity index (χ0v) is 10.0. The Morgan fingerprint density at radius 1 is 1.46 bits per heavy atom. The molecule has 1 nitrogen and oxygen atoms in total. The Hall–Kier alpha value is -0.190. The second-order valence-electron chi connectivity index (χ2n) is 2.73. The van der Waals surface area contributed by atoms with Crippen molar-refractivity contribution in [1.29, 1.82) is 0 Å². The summed E-state index contributed by atoms with van der Waals surface area (Å²) in [5.41, 5.74) is 6.85. The number of nitrogen functional groups attached to an aromatic ring is 1. The molecular weight excluding hydrogens is 266 g/mol. The molecule has 0 atom stereocenters. The third-order valence-electron chi connectivity index (χ3n) is 1.93. The van der Waals surface area contributed by atoms with Crippen LogP contribution < -0.4 is 5.73 Å². The first kappa shape index (κ1) is 9.37. The molecule has 0 spiro atoms. The van der Waals surface area contributed by atoms with E-state index in [1.165, 1.54) is 9.58 Å².